The van der Waals surface area contributed by atoms with Gasteiger partial charge in [0.05, 0.1) is 0 Å². The van der Waals surface area contributed by atoms with E-state index in [9.17, 15) is 22.8 Å². The molecule has 6 atom stereocenters. The molecule has 3 saturated carbocycles. The molecule has 4 rings (SSSR count). The summed E-state index contributed by atoms with van der Waals surface area (Å²) >= 11 is 3.03. The summed E-state index contributed by atoms with van der Waals surface area (Å²) in [6, 6.07) is 0. The molecule has 0 aromatic rings. The van der Waals surface area contributed by atoms with Gasteiger partial charge in [0.1, 0.15) is 0 Å². The number of hydrogen-bond acceptors (Lipinski definition) is 3. The summed E-state index contributed by atoms with van der Waals surface area (Å²) in [5, 5.41) is 0. The molecule has 0 aliphatic heterocycles. The first-order valence-electron chi connectivity index (χ1n) is 10.6. The van der Waals surface area contributed by atoms with Gasteiger partial charge in [-0.2, -0.15) is 13.2 Å². The molecule has 0 amide bonds. The van der Waals surface area contributed by atoms with E-state index in [2.05, 4.69) is 33.6 Å². The zero-order chi connectivity index (χ0) is 21.9. The first kappa shape index (κ1) is 21.9. The van der Waals surface area contributed by atoms with Crippen molar-refractivity contribution in [2.24, 2.45) is 28.6 Å². The molecule has 4 aliphatic rings. The number of fused-ring (bicyclic) bond motifs is 5. The Kier molecular flexibility index (Phi) is 5.20. The Balaban J connectivity index is 1.68. The molecule has 4 aliphatic carbocycles. The fourth-order valence-corrected chi connectivity index (χ4v) is 7.57. The van der Waals surface area contributed by atoms with Gasteiger partial charge in [-0.15, -0.1) is 0 Å². The fourth-order valence-electron chi connectivity index (χ4n) is 7.25. The van der Waals surface area contributed by atoms with Crippen LogP contribution in [0.2, 0.25) is 0 Å². The predicted octanol–water partition coefficient (Wildman–Crippen LogP) is 5.72. The van der Waals surface area contributed by atoms with Crippen molar-refractivity contribution >= 4 is 27.7 Å². The molecule has 1 unspecified atom stereocenters. The SMILES string of the molecule is C[C@]12CCC(=O)C=C1CC[C@@H]1[C@H]2CC[C@@]2(C)[C@H]1CCC2(C#CBr)OC(=O)C(F)(F)F. The molecule has 0 heterocycles. The largest absolute Gasteiger partial charge is 0.490 e. The summed E-state index contributed by atoms with van der Waals surface area (Å²) in [6.07, 6.45) is 2.49. The average Bonchev–Trinajstić information content (AvgIpc) is 2.94. The normalized spacial score (nSPS) is 42.8. The van der Waals surface area contributed by atoms with Gasteiger partial charge < -0.3 is 4.74 Å². The smallest absolute Gasteiger partial charge is 0.439 e. The first-order valence-corrected chi connectivity index (χ1v) is 11.4. The van der Waals surface area contributed by atoms with Crippen LogP contribution in [-0.2, 0) is 14.3 Å². The fraction of sp³-hybridized carbons (Fsp3) is 0.739. The van der Waals surface area contributed by atoms with Crippen molar-refractivity contribution in [2.75, 3.05) is 0 Å². The van der Waals surface area contributed by atoms with E-state index < -0.39 is 23.2 Å². The number of ketones is 1. The van der Waals surface area contributed by atoms with Crippen molar-refractivity contribution in [3.8, 4) is 10.8 Å². The number of halogens is 4. The third-order valence-corrected chi connectivity index (χ3v) is 9.03. The van der Waals surface area contributed by atoms with E-state index in [0.717, 1.165) is 25.7 Å². The Morgan fingerprint density at radius 2 is 1.83 bits per heavy atom. The van der Waals surface area contributed by atoms with Crippen molar-refractivity contribution in [3.05, 3.63) is 11.6 Å². The van der Waals surface area contributed by atoms with Crippen molar-refractivity contribution in [1.29, 1.82) is 0 Å². The van der Waals surface area contributed by atoms with E-state index in [1.54, 1.807) is 0 Å². The lowest BCUT2D eigenvalue weighted by atomic mass is 9.46. The molecule has 0 N–H and O–H groups in total. The Morgan fingerprint density at radius 3 is 2.50 bits per heavy atom. The highest BCUT2D eigenvalue weighted by Gasteiger charge is 2.66. The Morgan fingerprint density at radius 1 is 1.13 bits per heavy atom. The second-order valence-corrected chi connectivity index (χ2v) is 10.3. The van der Waals surface area contributed by atoms with Gasteiger partial charge in [-0.1, -0.05) is 19.4 Å². The lowest BCUT2D eigenvalue weighted by Gasteiger charge is -2.58. The molecule has 0 spiro atoms. The number of ether oxygens (including phenoxy) is 1. The molecule has 164 valence electrons. The molecular formula is C23H26BrF3O3. The number of allylic oxidation sites excluding steroid dienone is 1. The van der Waals surface area contributed by atoms with Gasteiger partial charge in [-0.3, -0.25) is 4.79 Å². The van der Waals surface area contributed by atoms with Gasteiger partial charge in [-0.05, 0) is 84.9 Å². The number of alkyl halides is 3. The molecular weight excluding hydrogens is 461 g/mol. The van der Waals surface area contributed by atoms with Crippen LogP contribution in [0.5, 0.6) is 0 Å². The van der Waals surface area contributed by atoms with Crippen LogP contribution in [0.4, 0.5) is 13.2 Å². The number of carbonyl (C=O) groups excluding carboxylic acids is 2. The van der Waals surface area contributed by atoms with Crippen LogP contribution in [0.3, 0.4) is 0 Å². The van der Waals surface area contributed by atoms with Gasteiger partial charge in [0, 0.05) is 27.8 Å². The van der Waals surface area contributed by atoms with E-state index in [-0.39, 0.29) is 17.1 Å². The van der Waals surface area contributed by atoms with Crippen molar-refractivity contribution in [3.63, 3.8) is 0 Å². The standard InChI is InChI=1S/C23H26BrF3O3/c1-20-8-5-15(28)13-14(20)3-4-16-17(20)6-9-21(2)18(16)7-10-22(21,11-12-24)30-19(29)23(25,26)27/h13,16-18H,3-10H2,1-2H3/t16-,17-,18+,20+,21+,22?/m1/s1. The van der Waals surface area contributed by atoms with Crippen LogP contribution in [0, 0.1) is 39.3 Å². The maximum absolute atomic E-state index is 13.0. The zero-order valence-electron chi connectivity index (χ0n) is 17.2. The molecule has 0 aromatic carbocycles. The topological polar surface area (TPSA) is 43.4 Å². The number of hydrogen-bond donors (Lipinski definition) is 0. The van der Waals surface area contributed by atoms with Crippen LogP contribution in [0.1, 0.15) is 65.2 Å². The van der Waals surface area contributed by atoms with E-state index in [4.69, 9.17) is 4.74 Å². The summed E-state index contributed by atoms with van der Waals surface area (Å²) in [5.74, 6) is 1.75. The quantitative estimate of drug-likeness (QED) is 0.351. The van der Waals surface area contributed by atoms with Gasteiger partial charge in [-0.25, -0.2) is 4.79 Å². The minimum atomic E-state index is -5.04. The van der Waals surface area contributed by atoms with Crippen molar-refractivity contribution < 1.29 is 27.5 Å². The van der Waals surface area contributed by atoms with E-state index in [0.29, 0.717) is 37.5 Å². The zero-order valence-corrected chi connectivity index (χ0v) is 18.8. The summed E-state index contributed by atoms with van der Waals surface area (Å²) in [6.45, 7) is 4.22. The third-order valence-electron chi connectivity index (χ3n) is 8.83. The third kappa shape index (κ3) is 3.08. The van der Waals surface area contributed by atoms with Gasteiger partial charge in [0.25, 0.3) is 0 Å². The minimum Gasteiger partial charge on any atom is -0.439 e. The molecule has 0 aromatic heterocycles. The van der Waals surface area contributed by atoms with Crippen molar-refractivity contribution in [2.45, 2.75) is 77.0 Å². The van der Waals surface area contributed by atoms with Crippen molar-refractivity contribution in [1.82, 2.24) is 0 Å². The summed E-state index contributed by atoms with van der Waals surface area (Å²) in [7, 11) is 0. The van der Waals surface area contributed by atoms with Gasteiger partial charge in [0.15, 0.2) is 11.4 Å². The highest BCUT2D eigenvalue weighted by molar-refractivity contribution is 9.12. The maximum Gasteiger partial charge on any atom is 0.490 e. The second kappa shape index (κ2) is 7.12. The average molecular weight is 487 g/mol. The van der Waals surface area contributed by atoms with Gasteiger partial charge >= 0.3 is 12.1 Å². The lowest BCUT2D eigenvalue weighted by Crippen LogP contribution is -2.56. The Hall–Kier alpha value is -1.29. The maximum atomic E-state index is 13.0. The summed E-state index contributed by atoms with van der Waals surface area (Å²) < 4.78 is 44.3. The van der Waals surface area contributed by atoms with Crippen LogP contribution < -0.4 is 0 Å². The summed E-state index contributed by atoms with van der Waals surface area (Å²) in [5.41, 5.74) is -0.833. The highest BCUT2D eigenvalue weighted by atomic mass is 79.9. The molecule has 0 saturated heterocycles. The van der Waals surface area contributed by atoms with Crippen LogP contribution in [0.15, 0.2) is 11.6 Å². The summed E-state index contributed by atoms with van der Waals surface area (Å²) in [4.78, 5) is 26.3. The highest BCUT2D eigenvalue weighted by Crippen LogP contribution is 2.68. The molecule has 7 heteroatoms. The molecule has 3 nitrogen and oxygen atoms in total. The second-order valence-electron chi connectivity index (χ2n) is 9.90. The molecule has 0 radical (unpaired) electrons. The Labute approximate surface area is 183 Å². The van der Waals surface area contributed by atoms with E-state index in [1.807, 2.05) is 13.0 Å². The van der Waals surface area contributed by atoms with Gasteiger partial charge in [0.2, 0.25) is 0 Å². The van der Waals surface area contributed by atoms with Crippen LogP contribution in [-0.4, -0.2) is 23.5 Å². The molecule has 30 heavy (non-hydrogen) atoms. The Bertz CT molecular complexity index is 869. The minimum absolute atomic E-state index is 0.0207. The van der Waals surface area contributed by atoms with E-state index >= 15 is 0 Å². The van der Waals surface area contributed by atoms with E-state index in [1.165, 1.54) is 5.57 Å². The molecule has 0 bridgehead atoms. The van der Waals surface area contributed by atoms with Crippen LogP contribution in [0.25, 0.3) is 0 Å². The monoisotopic (exact) mass is 486 g/mol. The molecule has 3 fully saturated rings. The number of carbonyl (C=O) groups is 2. The first-order chi connectivity index (χ1) is 14.0. The number of rotatable bonds is 1. The lowest BCUT2D eigenvalue weighted by molar-refractivity contribution is -0.220. The van der Waals surface area contributed by atoms with Crippen LogP contribution >= 0.6 is 15.9 Å². The number of esters is 1. The predicted molar refractivity (Wildman–Crippen MR) is 108 cm³/mol.